The molecule has 2 rings (SSSR count). The van der Waals surface area contributed by atoms with Crippen molar-refractivity contribution in [3.63, 3.8) is 0 Å². The molecule has 0 bridgehead atoms. The Labute approximate surface area is 98.4 Å². The van der Waals surface area contributed by atoms with Crippen molar-refractivity contribution in [2.24, 2.45) is 0 Å². The molecule has 16 heavy (non-hydrogen) atoms. The molecule has 0 spiro atoms. The summed E-state index contributed by atoms with van der Waals surface area (Å²) in [5.41, 5.74) is 0.0890. The number of nitrogens with one attached hydrogen (secondary N) is 2. The van der Waals surface area contributed by atoms with Gasteiger partial charge in [0.05, 0.1) is 0 Å². The van der Waals surface area contributed by atoms with E-state index in [2.05, 4.69) is 17.6 Å². The summed E-state index contributed by atoms with van der Waals surface area (Å²) in [5, 5.41) is 6.65. The van der Waals surface area contributed by atoms with E-state index in [0.29, 0.717) is 12.5 Å². The Morgan fingerprint density at radius 3 is 2.69 bits per heavy atom. The molecule has 2 aliphatic rings. The minimum atomic E-state index is 0.0890. The van der Waals surface area contributed by atoms with Crippen LogP contribution >= 0.6 is 0 Å². The lowest BCUT2D eigenvalue weighted by molar-refractivity contribution is -0.123. The fourth-order valence-corrected chi connectivity index (χ4v) is 2.99. The third kappa shape index (κ3) is 3.21. The quantitative estimate of drug-likeness (QED) is 0.769. The Bertz CT molecular complexity index is 240. The number of rotatable bonds is 3. The Kier molecular flexibility index (Phi) is 3.85. The van der Waals surface area contributed by atoms with Crippen LogP contribution in [-0.4, -0.2) is 24.0 Å². The maximum atomic E-state index is 11.9. The predicted octanol–water partition coefficient (Wildman–Crippen LogP) is 1.97. The smallest absolute Gasteiger partial charge is 0.221 e. The second-order valence-corrected chi connectivity index (χ2v) is 5.67. The van der Waals surface area contributed by atoms with Gasteiger partial charge in [0, 0.05) is 18.0 Å². The monoisotopic (exact) mass is 224 g/mol. The summed E-state index contributed by atoms with van der Waals surface area (Å²) in [6, 6.07) is 0.416. The fraction of sp³-hybridized carbons (Fsp3) is 0.923. The van der Waals surface area contributed by atoms with Crippen LogP contribution in [0.15, 0.2) is 0 Å². The summed E-state index contributed by atoms with van der Waals surface area (Å²) in [5.74, 6) is 0.240. The summed E-state index contributed by atoms with van der Waals surface area (Å²) >= 11 is 0. The number of piperidine rings is 1. The maximum absolute atomic E-state index is 11.9. The average molecular weight is 224 g/mol. The van der Waals surface area contributed by atoms with E-state index in [-0.39, 0.29) is 11.4 Å². The van der Waals surface area contributed by atoms with Crippen molar-refractivity contribution in [1.82, 2.24) is 10.6 Å². The van der Waals surface area contributed by atoms with E-state index in [1.54, 1.807) is 0 Å². The van der Waals surface area contributed by atoms with Crippen LogP contribution in [0, 0.1) is 0 Å². The molecule has 1 aliphatic heterocycles. The molecule has 2 fully saturated rings. The van der Waals surface area contributed by atoms with Gasteiger partial charge in [-0.25, -0.2) is 0 Å². The van der Waals surface area contributed by atoms with Gasteiger partial charge in [0.15, 0.2) is 0 Å². The highest BCUT2D eigenvalue weighted by Crippen LogP contribution is 2.29. The van der Waals surface area contributed by atoms with Gasteiger partial charge < -0.3 is 10.6 Å². The lowest BCUT2D eigenvalue weighted by Crippen LogP contribution is -2.46. The molecular formula is C13H24N2O. The normalized spacial score (nSPS) is 28.9. The molecule has 0 aromatic carbocycles. The molecule has 92 valence electrons. The molecule has 3 nitrogen and oxygen atoms in total. The first-order chi connectivity index (χ1) is 7.68. The van der Waals surface area contributed by atoms with Gasteiger partial charge in [0.2, 0.25) is 5.91 Å². The molecule has 1 heterocycles. The summed E-state index contributed by atoms with van der Waals surface area (Å²) < 4.78 is 0. The summed E-state index contributed by atoms with van der Waals surface area (Å²) in [6.45, 7) is 3.27. The highest BCUT2D eigenvalue weighted by molar-refractivity contribution is 5.77. The van der Waals surface area contributed by atoms with Crippen LogP contribution in [0.3, 0.4) is 0 Å². The molecule has 1 aliphatic carbocycles. The minimum absolute atomic E-state index is 0.0890. The fourth-order valence-electron chi connectivity index (χ4n) is 2.99. The number of carbonyl (C=O) groups excluding carboxylic acids is 1. The number of hydrogen-bond donors (Lipinski definition) is 2. The molecule has 1 atom stereocenters. The van der Waals surface area contributed by atoms with Gasteiger partial charge in [-0.1, -0.05) is 19.3 Å². The zero-order valence-corrected chi connectivity index (χ0v) is 10.3. The van der Waals surface area contributed by atoms with Gasteiger partial charge in [-0.15, -0.1) is 0 Å². The van der Waals surface area contributed by atoms with Crippen LogP contribution in [0.1, 0.15) is 58.3 Å². The van der Waals surface area contributed by atoms with Crippen LogP contribution in [0.5, 0.6) is 0 Å². The Hall–Kier alpha value is -0.570. The van der Waals surface area contributed by atoms with E-state index in [4.69, 9.17) is 0 Å². The molecule has 0 radical (unpaired) electrons. The Balaban J connectivity index is 1.74. The maximum Gasteiger partial charge on any atom is 0.221 e. The number of carbonyl (C=O) groups is 1. The highest BCUT2D eigenvalue weighted by atomic mass is 16.1. The van der Waals surface area contributed by atoms with E-state index in [0.717, 1.165) is 25.8 Å². The molecule has 3 heteroatoms. The van der Waals surface area contributed by atoms with Crippen molar-refractivity contribution in [3.8, 4) is 0 Å². The van der Waals surface area contributed by atoms with Crippen molar-refractivity contribution in [2.45, 2.75) is 69.9 Å². The number of amides is 1. The zero-order chi connectivity index (χ0) is 11.4. The molecule has 1 unspecified atom stereocenters. The molecule has 1 saturated heterocycles. The predicted molar refractivity (Wildman–Crippen MR) is 65.3 cm³/mol. The first-order valence-electron chi connectivity index (χ1n) is 6.72. The molecule has 1 saturated carbocycles. The Morgan fingerprint density at radius 1 is 1.31 bits per heavy atom. The summed E-state index contributed by atoms with van der Waals surface area (Å²) in [7, 11) is 0. The first kappa shape index (κ1) is 11.9. The SMILES string of the molecule is CC1(NC(=O)CC2CCCCN2)CCCC1. The van der Waals surface area contributed by atoms with Gasteiger partial charge in [0.1, 0.15) is 0 Å². The van der Waals surface area contributed by atoms with Crippen LogP contribution in [-0.2, 0) is 4.79 Å². The lowest BCUT2D eigenvalue weighted by Gasteiger charge is -2.28. The lowest BCUT2D eigenvalue weighted by atomic mass is 9.98. The van der Waals surface area contributed by atoms with Crippen LogP contribution in [0.2, 0.25) is 0 Å². The largest absolute Gasteiger partial charge is 0.351 e. The zero-order valence-electron chi connectivity index (χ0n) is 10.3. The van der Waals surface area contributed by atoms with Gasteiger partial charge in [0.25, 0.3) is 0 Å². The highest BCUT2D eigenvalue weighted by Gasteiger charge is 2.30. The van der Waals surface area contributed by atoms with Crippen molar-refractivity contribution < 1.29 is 4.79 Å². The van der Waals surface area contributed by atoms with Crippen LogP contribution in [0.25, 0.3) is 0 Å². The standard InChI is InChI=1S/C13H24N2O/c1-13(7-3-4-8-13)15-12(16)10-11-6-2-5-9-14-11/h11,14H,2-10H2,1H3,(H,15,16). The summed E-state index contributed by atoms with van der Waals surface area (Å²) in [6.07, 6.45) is 9.17. The van der Waals surface area contributed by atoms with E-state index in [9.17, 15) is 4.79 Å². The van der Waals surface area contributed by atoms with Crippen molar-refractivity contribution in [2.75, 3.05) is 6.54 Å². The van der Waals surface area contributed by atoms with Gasteiger partial charge in [-0.2, -0.15) is 0 Å². The van der Waals surface area contributed by atoms with E-state index >= 15 is 0 Å². The van der Waals surface area contributed by atoms with Gasteiger partial charge in [-0.05, 0) is 39.2 Å². The minimum Gasteiger partial charge on any atom is -0.351 e. The third-order valence-electron chi connectivity index (χ3n) is 3.99. The summed E-state index contributed by atoms with van der Waals surface area (Å²) in [4.78, 5) is 11.9. The van der Waals surface area contributed by atoms with E-state index in [1.807, 2.05) is 0 Å². The molecule has 2 N–H and O–H groups in total. The average Bonchev–Trinajstić information content (AvgIpc) is 2.66. The second-order valence-electron chi connectivity index (χ2n) is 5.67. The molecule has 1 amide bonds. The van der Waals surface area contributed by atoms with Crippen molar-refractivity contribution >= 4 is 5.91 Å². The van der Waals surface area contributed by atoms with Crippen molar-refractivity contribution in [1.29, 1.82) is 0 Å². The molecule has 0 aromatic rings. The van der Waals surface area contributed by atoms with E-state index in [1.165, 1.54) is 25.7 Å². The van der Waals surface area contributed by atoms with Crippen LogP contribution in [0.4, 0.5) is 0 Å². The van der Waals surface area contributed by atoms with Crippen LogP contribution < -0.4 is 10.6 Å². The van der Waals surface area contributed by atoms with Gasteiger partial charge in [-0.3, -0.25) is 4.79 Å². The molecular weight excluding hydrogens is 200 g/mol. The van der Waals surface area contributed by atoms with Gasteiger partial charge >= 0.3 is 0 Å². The van der Waals surface area contributed by atoms with E-state index < -0.39 is 0 Å². The first-order valence-corrected chi connectivity index (χ1v) is 6.72. The molecule has 0 aromatic heterocycles. The number of hydrogen-bond acceptors (Lipinski definition) is 2. The second kappa shape index (κ2) is 5.17. The Morgan fingerprint density at radius 2 is 2.06 bits per heavy atom. The van der Waals surface area contributed by atoms with Crippen molar-refractivity contribution in [3.05, 3.63) is 0 Å². The topological polar surface area (TPSA) is 41.1 Å². The third-order valence-corrected chi connectivity index (χ3v) is 3.99.